The van der Waals surface area contributed by atoms with Crippen LogP contribution in [-0.4, -0.2) is 48.6 Å². The van der Waals surface area contributed by atoms with E-state index in [0.717, 1.165) is 49.1 Å². The molecule has 2 aliphatic carbocycles. The van der Waals surface area contributed by atoms with E-state index in [2.05, 4.69) is 25.3 Å². The molecule has 4 aromatic rings. The molecule has 0 saturated heterocycles. The molecule has 1 N–H and O–H groups in total. The van der Waals surface area contributed by atoms with Crippen LogP contribution in [0.1, 0.15) is 87.8 Å². The summed E-state index contributed by atoms with van der Waals surface area (Å²) in [6.07, 6.45) is 9.79. The normalized spacial score (nSPS) is 16.3. The van der Waals surface area contributed by atoms with E-state index in [1.807, 2.05) is 13.8 Å². The summed E-state index contributed by atoms with van der Waals surface area (Å²) >= 11 is 0. The van der Waals surface area contributed by atoms with Gasteiger partial charge < -0.3 is 5.32 Å². The standard InChI is InChI=1S/C28H32N8O3S/c1-4-16(3)36-27-21(34-26(28(36)37)30-12-19-10-11-20(13-29-19)40(38,39)5-2)14-31-25(35-27)22-23(17-6-7-17)32-15-33-24(22)18-8-9-18/h10-11,13-18H,4-9,12H2,1-3H3,(H,30,34)/t16-/m0/s1. The van der Waals surface area contributed by atoms with Gasteiger partial charge >= 0.3 is 0 Å². The summed E-state index contributed by atoms with van der Waals surface area (Å²) < 4.78 is 25.9. The molecule has 11 nitrogen and oxygen atoms in total. The minimum Gasteiger partial charge on any atom is -0.360 e. The van der Waals surface area contributed by atoms with Crippen LogP contribution in [0.5, 0.6) is 0 Å². The van der Waals surface area contributed by atoms with E-state index in [1.165, 1.54) is 12.3 Å². The Hall–Kier alpha value is -3.80. The molecule has 0 bridgehead atoms. The van der Waals surface area contributed by atoms with Gasteiger partial charge in [0.25, 0.3) is 5.56 Å². The van der Waals surface area contributed by atoms with Crippen LogP contribution in [0.25, 0.3) is 22.6 Å². The predicted octanol–water partition coefficient (Wildman–Crippen LogP) is 4.17. The maximum atomic E-state index is 13.7. The highest BCUT2D eigenvalue weighted by molar-refractivity contribution is 7.91. The minimum atomic E-state index is -3.33. The third kappa shape index (κ3) is 4.96. The maximum absolute atomic E-state index is 13.7. The van der Waals surface area contributed by atoms with Crippen molar-refractivity contribution in [3.63, 3.8) is 0 Å². The number of hydrogen-bond donors (Lipinski definition) is 1. The lowest BCUT2D eigenvalue weighted by Crippen LogP contribution is -2.28. The molecule has 208 valence electrons. The molecule has 0 radical (unpaired) electrons. The van der Waals surface area contributed by atoms with Crippen LogP contribution in [0.4, 0.5) is 5.82 Å². The first-order chi connectivity index (χ1) is 19.3. The second-order valence-corrected chi connectivity index (χ2v) is 12.9. The summed E-state index contributed by atoms with van der Waals surface area (Å²) in [5.74, 6) is 1.52. The number of pyridine rings is 1. The monoisotopic (exact) mass is 560 g/mol. The SMILES string of the molecule is CC[C@H](C)n1c(=O)c(NCc2ccc(S(=O)(=O)CC)cn2)nc2cnc(-c3c(C4CC4)ncnc3C3CC3)nc21. The second-order valence-electron chi connectivity index (χ2n) is 10.6. The topological polar surface area (TPSA) is 146 Å². The molecular weight excluding hydrogens is 528 g/mol. The highest BCUT2D eigenvalue weighted by atomic mass is 32.2. The third-order valence-corrected chi connectivity index (χ3v) is 9.41. The molecule has 0 spiro atoms. The third-order valence-electron chi connectivity index (χ3n) is 7.69. The zero-order chi connectivity index (χ0) is 28.0. The lowest BCUT2D eigenvalue weighted by atomic mass is 10.0. The average Bonchev–Trinajstić information content (AvgIpc) is 3.89. The molecule has 0 aliphatic heterocycles. The second kappa shape index (κ2) is 10.3. The fraction of sp³-hybridized carbons (Fsp3) is 0.464. The smallest absolute Gasteiger partial charge is 0.295 e. The van der Waals surface area contributed by atoms with Gasteiger partial charge in [0.2, 0.25) is 0 Å². The van der Waals surface area contributed by atoms with Gasteiger partial charge in [0, 0.05) is 24.1 Å². The number of nitrogens with one attached hydrogen (secondary N) is 1. The fourth-order valence-corrected chi connectivity index (χ4v) is 5.67. The van der Waals surface area contributed by atoms with Crippen LogP contribution in [0.2, 0.25) is 0 Å². The first kappa shape index (κ1) is 26.4. The number of hydrogen-bond acceptors (Lipinski definition) is 10. The molecule has 6 rings (SSSR count). The Balaban J connectivity index is 1.38. The van der Waals surface area contributed by atoms with Gasteiger partial charge in [-0.15, -0.1) is 0 Å². The van der Waals surface area contributed by atoms with E-state index in [1.54, 1.807) is 30.1 Å². The number of fused-ring (bicyclic) bond motifs is 1. The summed E-state index contributed by atoms with van der Waals surface area (Å²) in [6, 6.07) is 3.04. The van der Waals surface area contributed by atoms with Crippen molar-refractivity contribution in [2.75, 3.05) is 11.1 Å². The first-order valence-corrected chi connectivity index (χ1v) is 15.5. The Labute approximate surface area is 232 Å². The predicted molar refractivity (Wildman–Crippen MR) is 151 cm³/mol. The average molecular weight is 561 g/mol. The molecule has 2 fully saturated rings. The van der Waals surface area contributed by atoms with Crippen LogP contribution in [-0.2, 0) is 16.4 Å². The highest BCUT2D eigenvalue weighted by Crippen LogP contribution is 2.48. The van der Waals surface area contributed by atoms with Gasteiger partial charge in [-0.1, -0.05) is 13.8 Å². The summed E-state index contributed by atoms with van der Waals surface area (Å²) in [6.45, 7) is 5.81. The van der Waals surface area contributed by atoms with E-state index < -0.39 is 9.84 Å². The Morgan fingerprint density at radius 3 is 2.25 bits per heavy atom. The van der Waals surface area contributed by atoms with Crippen molar-refractivity contribution >= 4 is 26.8 Å². The molecule has 12 heteroatoms. The van der Waals surface area contributed by atoms with Crippen molar-refractivity contribution in [3.8, 4) is 11.4 Å². The Morgan fingerprint density at radius 1 is 0.975 bits per heavy atom. The van der Waals surface area contributed by atoms with E-state index in [-0.39, 0.29) is 34.6 Å². The molecule has 40 heavy (non-hydrogen) atoms. The fourth-order valence-electron chi connectivity index (χ4n) is 4.84. The van der Waals surface area contributed by atoms with Crippen LogP contribution in [0.3, 0.4) is 0 Å². The van der Waals surface area contributed by atoms with E-state index >= 15 is 0 Å². The van der Waals surface area contributed by atoms with Crippen molar-refractivity contribution in [3.05, 3.63) is 58.3 Å². The number of rotatable bonds is 10. The molecule has 2 aliphatic rings. The Kier molecular flexibility index (Phi) is 6.81. The van der Waals surface area contributed by atoms with Gasteiger partial charge in [-0.2, -0.15) is 0 Å². The Bertz CT molecular complexity index is 1720. The van der Waals surface area contributed by atoms with Gasteiger partial charge in [0.05, 0.1) is 46.0 Å². The number of nitrogens with zero attached hydrogens (tertiary/aromatic N) is 7. The summed E-state index contributed by atoms with van der Waals surface area (Å²) in [4.78, 5) is 41.6. The summed E-state index contributed by atoms with van der Waals surface area (Å²) in [7, 11) is -3.33. The summed E-state index contributed by atoms with van der Waals surface area (Å²) in [5, 5.41) is 3.09. The highest BCUT2D eigenvalue weighted by Gasteiger charge is 2.35. The maximum Gasteiger partial charge on any atom is 0.295 e. The van der Waals surface area contributed by atoms with Crippen molar-refractivity contribution in [2.45, 2.75) is 82.2 Å². The quantitative estimate of drug-likeness (QED) is 0.300. The van der Waals surface area contributed by atoms with Crippen molar-refractivity contribution in [1.82, 2.24) is 34.5 Å². The number of aromatic nitrogens is 7. The molecular formula is C28H32N8O3S. The molecule has 1 atom stereocenters. The Morgan fingerprint density at radius 2 is 1.68 bits per heavy atom. The van der Waals surface area contributed by atoms with Crippen molar-refractivity contribution in [1.29, 1.82) is 0 Å². The van der Waals surface area contributed by atoms with Gasteiger partial charge in [-0.25, -0.2) is 33.3 Å². The van der Waals surface area contributed by atoms with Gasteiger partial charge in [-0.05, 0) is 51.2 Å². The number of anilines is 1. The van der Waals surface area contributed by atoms with E-state index in [4.69, 9.17) is 9.97 Å². The van der Waals surface area contributed by atoms with Crippen LogP contribution in [0.15, 0.2) is 40.5 Å². The van der Waals surface area contributed by atoms with Crippen LogP contribution >= 0.6 is 0 Å². The number of sulfone groups is 1. The van der Waals surface area contributed by atoms with E-state index in [0.29, 0.717) is 34.5 Å². The van der Waals surface area contributed by atoms with Crippen molar-refractivity contribution in [2.24, 2.45) is 0 Å². The van der Waals surface area contributed by atoms with Crippen LogP contribution in [0, 0.1) is 0 Å². The zero-order valence-electron chi connectivity index (χ0n) is 22.8. The zero-order valence-corrected chi connectivity index (χ0v) is 23.6. The van der Waals surface area contributed by atoms with Gasteiger partial charge in [0.1, 0.15) is 11.8 Å². The molecule has 0 amide bonds. The van der Waals surface area contributed by atoms with E-state index in [9.17, 15) is 13.2 Å². The van der Waals surface area contributed by atoms with Crippen LogP contribution < -0.4 is 10.9 Å². The molecule has 0 aromatic carbocycles. The molecule has 0 unspecified atom stereocenters. The summed E-state index contributed by atoms with van der Waals surface area (Å²) in [5.41, 5.74) is 4.21. The lowest BCUT2D eigenvalue weighted by molar-refractivity contribution is 0.526. The molecule has 2 saturated carbocycles. The van der Waals surface area contributed by atoms with Crippen molar-refractivity contribution < 1.29 is 8.42 Å². The molecule has 4 heterocycles. The van der Waals surface area contributed by atoms with Gasteiger partial charge in [0.15, 0.2) is 27.1 Å². The minimum absolute atomic E-state index is 0.00725. The first-order valence-electron chi connectivity index (χ1n) is 13.9. The van der Waals surface area contributed by atoms with Gasteiger partial charge in [-0.3, -0.25) is 14.3 Å². The largest absolute Gasteiger partial charge is 0.360 e. The lowest BCUT2D eigenvalue weighted by Gasteiger charge is -2.18. The molecule has 4 aromatic heterocycles.